The first-order valence-corrected chi connectivity index (χ1v) is 6.81. The molecule has 104 valence electrons. The topological polar surface area (TPSA) is 83.5 Å². The Balaban J connectivity index is 2.25. The Morgan fingerprint density at radius 3 is 2.47 bits per heavy atom. The Hall–Kier alpha value is -0.970. The molecule has 0 bridgehead atoms. The van der Waals surface area contributed by atoms with Crippen LogP contribution in [-0.4, -0.2) is 34.2 Å². The van der Waals surface area contributed by atoms with Crippen LogP contribution in [0.3, 0.4) is 0 Å². The predicted octanol–water partition coefficient (Wildman–Crippen LogP) is 0.683. The van der Waals surface area contributed by atoms with Crippen LogP contribution in [0.25, 0.3) is 0 Å². The van der Waals surface area contributed by atoms with E-state index in [4.69, 9.17) is 5.73 Å². The van der Waals surface area contributed by atoms with Crippen LogP contribution in [0.15, 0.2) is 22.8 Å². The van der Waals surface area contributed by atoms with Gasteiger partial charge >= 0.3 is 0 Å². The zero-order valence-corrected chi connectivity index (χ0v) is 11.7. The zero-order chi connectivity index (χ0) is 14.2. The van der Waals surface area contributed by atoms with Gasteiger partial charge in [-0.05, 0) is 32.3 Å². The lowest BCUT2D eigenvalue weighted by Gasteiger charge is -2.39. The molecule has 0 heterocycles. The minimum Gasteiger partial charge on any atom is -0.387 e. The highest BCUT2D eigenvalue weighted by molar-refractivity contribution is 6.09. The molecule has 0 aliphatic heterocycles. The number of aliphatic hydroxyl groups is 2. The van der Waals surface area contributed by atoms with Crippen molar-refractivity contribution in [2.24, 2.45) is 16.6 Å². The van der Waals surface area contributed by atoms with Gasteiger partial charge in [0.1, 0.15) is 5.60 Å². The first-order valence-electron chi connectivity index (χ1n) is 6.81. The molecule has 0 aromatic rings. The Morgan fingerprint density at radius 1 is 1.42 bits per heavy atom. The van der Waals surface area contributed by atoms with Crippen LogP contribution in [0, 0.1) is 10.8 Å². The molecule has 4 heteroatoms. The number of rotatable bonds is 1. The van der Waals surface area contributed by atoms with E-state index in [2.05, 4.69) is 0 Å². The van der Waals surface area contributed by atoms with Gasteiger partial charge in [0, 0.05) is 22.9 Å². The number of aliphatic hydroxyl groups excluding tert-OH is 1. The number of nitrogens with two attached hydrogens (primary N) is 1. The maximum absolute atomic E-state index is 12.6. The van der Waals surface area contributed by atoms with E-state index in [9.17, 15) is 15.0 Å². The smallest absolute Gasteiger partial charge is 0.195 e. The number of Topliss-reactive ketones (excluding diaryl/α,β-unsaturated/α-hetero) is 1. The number of hydrogen-bond acceptors (Lipinski definition) is 4. The molecule has 1 fully saturated rings. The normalized spacial score (nSPS) is 43.6. The van der Waals surface area contributed by atoms with Crippen molar-refractivity contribution in [3.8, 4) is 0 Å². The van der Waals surface area contributed by atoms with Gasteiger partial charge in [0.15, 0.2) is 5.78 Å². The van der Waals surface area contributed by atoms with E-state index in [-0.39, 0.29) is 12.3 Å². The third-order valence-electron chi connectivity index (χ3n) is 5.59. The number of ketones is 1. The van der Waals surface area contributed by atoms with Gasteiger partial charge in [0.05, 0.1) is 6.10 Å². The summed E-state index contributed by atoms with van der Waals surface area (Å²) in [6.45, 7) is 5.66. The second-order valence-corrected chi connectivity index (χ2v) is 6.69. The first-order chi connectivity index (χ1) is 8.71. The van der Waals surface area contributed by atoms with Crippen molar-refractivity contribution in [2.75, 3.05) is 6.54 Å². The van der Waals surface area contributed by atoms with Crippen LogP contribution in [-0.2, 0) is 4.79 Å². The third-order valence-corrected chi connectivity index (χ3v) is 5.59. The highest BCUT2D eigenvalue weighted by atomic mass is 16.3. The van der Waals surface area contributed by atoms with Crippen molar-refractivity contribution < 1.29 is 15.0 Å². The van der Waals surface area contributed by atoms with Crippen molar-refractivity contribution >= 4 is 5.78 Å². The SMILES string of the molecule is CC1=C2C(=C[C@@](C)(CN)[C@@H]2O)C(=O)[C@](C)(O)C12CC2. The molecule has 19 heavy (non-hydrogen) atoms. The summed E-state index contributed by atoms with van der Waals surface area (Å²) in [6, 6.07) is 0. The first kappa shape index (κ1) is 13.0. The van der Waals surface area contributed by atoms with E-state index in [0.29, 0.717) is 11.1 Å². The molecule has 0 amide bonds. The highest BCUT2D eigenvalue weighted by Gasteiger charge is 2.66. The molecule has 0 aromatic heterocycles. The van der Waals surface area contributed by atoms with Gasteiger partial charge < -0.3 is 15.9 Å². The molecule has 3 aliphatic carbocycles. The van der Waals surface area contributed by atoms with E-state index in [1.165, 1.54) is 0 Å². The predicted molar refractivity (Wildman–Crippen MR) is 71.2 cm³/mol. The lowest BCUT2D eigenvalue weighted by atomic mass is 9.67. The highest BCUT2D eigenvalue weighted by Crippen LogP contribution is 2.65. The van der Waals surface area contributed by atoms with Gasteiger partial charge in [-0.15, -0.1) is 0 Å². The quantitative estimate of drug-likeness (QED) is 0.649. The molecule has 3 atom stereocenters. The number of carbonyl (C=O) groups excluding carboxylic acids is 1. The van der Waals surface area contributed by atoms with Gasteiger partial charge in [0.2, 0.25) is 0 Å². The molecular weight excluding hydrogens is 242 g/mol. The molecule has 0 unspecified atom stereocenters. The Labute approximate surface area is 113 Å². The van der Waals surface area contributed by atoms with E-state index >= 15 is 0 Å². The summed E-state index contributed by atoms with van der Waals surface area (Å²) in [4.78, 5) is 12.6. The van der Waals surface area contributed by atoms with E-state index < -0.39 is 22.5 Å². The number of fused-ring (bicyclic) bond motifs is 1. The maximum Gasteiger partial charge on any atom is 0.195 e. The van der Waals surface area contributed by atoms with Crippen molar-refractivity contribution in [2.45, 2.75) is 45.3 Å². The largest absolute Gasteiger partial charge is 0.387 e. The van der Waals surface area contributed by atoms with Crippen LogP contribution >= 0.6 is 0 Å². The van der Waals surface area contributed by atoms with Crippen molar-refractivity contribution in [3.63, 3.8) is 0 Å². The summed E-state index contributed by atoms with van der Waals surface area (Å²) >= 11 is 0. The Bertz CT molecular complexity index is 540. The summed E-state index contributed by atoms with van der Waals surface area (Å²) in [6.07, 6.45) is 2.62. The molecule has 1 spiro atoms. The molecule has 3 aliphatic rings. The van der Waals surface area contributed by atoms with Gasteiger partial charge in [0.25, 0.3) is 0 Å². The minimum absolute atomic E-state index is 0.262. The Morgan fingerprint density at radius 2 is 2.00 bits per heavy atom. The third kappa shape index (κ3) is 1.27. The second-order valence-electron chi connectivity index (χ2n) is 6.69. The van der Waals surface area contributed by atoms with Crippen LogP contribution < -0.4 is 5.73 Å². The summed E-state index contributed by atoms with van der Waals surface area (Å²) < 4.78 is 0. The monoisotopic (exact) mass is 263 g/mol. The second kappa shape index (κ2) is 3.37. The Kier molecular flexibility index (Phi) is 2.31. The van der Waals surface area contributed by atoms with E-state index in [0.717, 1.165) is 18.4 Å². The molecular formula is C15H21NO3. The molecule has 0 radical (unpaired) electrons. The lowest BCUT2D eigenvalue weighted by molar-refractivity contribution is -0.138. The van der Waals surface area contributed by atoms with Crippen molar-refractivity contribution in [3.05, 3.63) is 22.8 Å². The van der Waals surface area contributed by atoms with Gasteiger partial charge in [-0.1, -0.05) is 18.6 Å². The molecule has 4 nitrogen and oxygen atoms in total. The molecule has 3 rings (SSSR count). The zero-order valence-electron chi connectivity index (χ0n) is 11.7. The standard InChI is InChI=1S/C15H21NO3/c1-8-10-9(6-13(2,7-16)12(10)18)11(17)14(3,19)15(8)4-5-15/h6,12,18-19H,4-5,7,16H2,1-3H3/t12-,13+,14+/m1/s1. The van der Waals surface area contributed by atoms with E-state index in [1.807, 2.05) is 13.8 Å². The fraction of sp³-hybridized carbons (Fsp3) is 0.667. The summed E-state index contributed by atoms with van der Waals surface area (Å²) in [5.41, 5.74) is 5.47. The van der Waals surface area contributed by atoms with Crippen molar-refractivity contribution in [1.29, 1.82) is 0 Å². The lowest BCUT2D eigenvalue weighted by Crippen LogP contribution is -2.50. The number of hydrogen-bond donors (Lipinski definition) is 3. The van der Waals surface area contributed by atoms with Gasteiger partial charge in [-0.2, -0.15) is 0 Å². The van der Waals surface area contributed by atoms with Crippen LogP contribution in [0.5, 0.6) is 0 Å². The molecule has 0 saturated heterocycles. The van der Waals surface area contributed by atoms with Crippen LogP contribution in [0.1, 0.15) is 33.6 Å². The minimum atomic E-state index is -1.36. The molecule has 1 saturated carbocycles. The van der Waals surface area contributed by atoms with E-state index in [1.54, 1.807) is 13.0 Å². The van der Waals surface area contributed by atoms with Gasteiger partial charge in [-0.3, -0.25) is 4.79 Å². The molecule has 0 aromatic carbocycles. The van der Waals surface area contributed by atoms with Crippen LogP contribution in [0.4, 0.5) is 0 Å². The van der Waals surface area contributed by atoms with Gasteiger partial charge in [-0.25, -0.2) is 0 Å². The fourth-order valence-corrected chi connectivity index (χ4v) is 3.82. The fourth-order valence-electron chi connectivity index (χ4n) is 3.82. The summed E-state index contributed by atoms with van der Waals surface area (Å²) in [5, 5.41) is 21.2. The van der Waals surface area contributed by atoms with Crippen molar-refractivity contribution in [1.82, 2.24) is 0 Å². The average molecular weight is 263 g/mol. The molecule has 4 N–H and O–H groups in total. The average Bonchev–Trinajstić information content (AvgIpc) is 3.12. The number of carbonyl (C=O) groups is 1. The summed E-state index contributed by atoms with van der Waals surface area (Å²) in [7, 11) is 0. The van der Waals surface area contributed by atoms with Crippen LogP contribution in [0.2, 0.25) is 0 Å². The maximum atomic E-state index is 12.6. The summed E-state index contributed by atoms with van der Waals surface area (Å²) in [5.74, 6) is -0.262.